The summed E-state index contributed by atoms with van der Waals surface area (Å²) in [5.74, 6) is -1.20. The second kappa shape index (κ2) is 8.78. The van der Waals surface area contributed by atoms with Crippen molar-refractivity contribution in [3.05, 3.63) is 51.4 Å². The quantitative estimate of drug-likeness (QED) is 0.723. The number of carbonyl (C=O) groups is 3. The smallest absolute Gasteiger partial charge is 0.342 e. The highest BCUT2D eigenvalue weighted by Crippen LogP contribution is 2.33. The Balaban J connectivity index is 1.69. The Labute approximate surface area is 174 Å². The van der Waals surface area contributed by atoms with Gasteiger partial charge >= 0.3 is 5.97 Å². The van der Waals surface area contributed by atoms with Crippen molar-refractivity contribution in [2.45, 2.75) is 59.1 Å². The molecule has 0 saturated heterocycles. The van der Waals surface area contributed by atoms with Crippen molar-refractivity contribution >= 4 is 34.1 Å². The van der Waals surface area contributed by atoms with E-state index in [1.165, 1.54) is 23.8 Å². The second-order valence-electron chi connectivity index (χ2n) is 7.37. The maximum atomic E-state index is 12.7. The standard InChI is InChI=1S/C22H26N2O4S/c1-12-14(3)29-21(23-15(4)25)19(12)22(27)28-13(2)20(26)24-18-11-7-9-16-8-5-6-10-17(16)18/h5-6,8,10,13,18H,7,9,11H2,1-4H3,(H,23,25)(H,24,26)/t13-,18+/m1/s1. The molecular weight excluding hydrogens is 388 g/mol. The predicted octanol–water partition coefficient (Wildman–Crippen LogP) is 4.06. The van der Waals surface area contributed by atoms with Crippen LogP contribution in [0.2, 0.25) is 0 Å². The number of nitrogens with one attached hydrogen (secondary N) is 2. The topological polar surface area (TPSA) is 84.5 Å². The van der Waals surface area contributed by atoms with E-state index < -0.39 is 12.1 Å². The summed E-state index contributed by atoms with van der Waals surface area (Å²) in [6.45, 7) is 6.63. The van der Waals surface area contributed by atoms with Gasteiger partial charge in [0.1, 0.15) is 5.00 Å². The minimum Gasteiger partial charge on any atom is -0.449 e. The minimum absolute atomic E-state index is 0.0753. The van der Waals surface area contributed by atoms with Gasteiger partial charge in [0, 0.05) is 11.8 Å². The van der Waals surface area contributed by atoms with Crippen LogP contribution >= 0.6 is 11.3 Å². The fraction of sp³-hybridized carbons (Fsp3) is 0.409. The van der Waals surface area contributed by atoms with Crippen LogP contribution in [-0.2, 0) is 20.7 Å². The molecule has 2 atom stereocenters. The Morgan fingerprint density at radius 3 is 2.66 bits per heavy atom. The fourth-order valence-corrected chi connectivity index (χ4v) is 4.68. The molecule has 1 aromatic carbocycles. The Kier molecular flexibility index (Phi) is 6.37. The van der Waals surface area contributed by atoms with Crippen LogP contribution in [-0.4, -0.2) is 23.9 Å². The van der Waals surface area contributed by atoms with Crippen LogP contribution < -0.4 is 10.6 Å². The molecule has 7 heteroatoms. The highest BCUT2D eigenvalue weighted by Gasteiger charge is 2.28. The minimum atomic E-state index is -0.943. The van der Waals surface area contributed by atoms with E-state index >= 15 is 0 Å². The van der Waals surface area contributed by atoms with Crippen molar-refractivity contribution in [2.24, 2.45) is 0 Å². The van der Waals surface area contributed by atoms with Crippen molar-refractivity contribution < 1.29 is 19.1 Å². The lowest BCUT2D eigenvalue weighted by Gasteiger charge is -2.27. The summed E-state index contributed by atoms with van der Waals surface area (Å²) in [7, 11) is 0. The molecule has 0 saturated carbocycles. The normalized spacial score (nSPS) is 16.5. The Hall–Kier alpha value is -2.67. The molecule has 0 spiro atoms. The molecule has 0 unspecified atom stereocenters. The SMILES string of the molecule is CC(=O)Nc1sc(C)c(C)c1C(=O)O[C@H](C)C(=O)N[C@H]1CCCc2ccccc21. The van der Waals surface area contributed by atoms with Crippen molar-refractivity contribution in [1.82, 2.24) is 5.32 Å². The number of ether oxygens (including phenoxy) is 1. The monoisotopic (exact) mass is 414 g/mol. The molecule has 1 aliphatic rings. The average molecular weight is 415 g/mol. The van der Waals surface area contributed by atoms with Gasteiger partial charge in [-0.25, -0.2) is 4.79 Å². The first-order chi connectivity index (χ1) is 13.8. The molecule has 1 heterocycles. The molecule has 0 aliphatic heterocycles. The lowest BCUT2D eigenvalue weighted by molar-refractivity contribution is -0.130. The van der Waals surface area contributed by atoms with Crippen LogP contribution in [0.1, 0.15) is 64.7 Å². The molecule has 0 radical (unpaired) electrons. The van der Waals surface area contributed by atoms with E-state index in [2.05, 4.69) is 16.7 Å². The second-order valence-corrected chi connectivity index (χ2v) is 8.59. The summed E-state index contributed by atoms with van der Waals surface area (Å²) in [6.07, 6.45) is 1.93. The van der Waals surface area contributed by atoms with E-state index in [9.17, 15) is 14.4 Å². The number of carbonyl (C=O) groups excluding carboxylic acids is 3. The van der Waals surface area contributed by atoms with E-state index in [4.69, 9.17) is 4.74 Å². The number of aryl methyl sites for hydroxylation is 2. The molecule has 29 heavy (non-hydrogen) atoms. The number of fused-ring (bicyclic) bond motifs is 1. The molecule has 0 fully saturated rings. The number of thiophene rings is 1. The third-order valence-corrected chi connectivity index (χ3v) is 6.34. The first kappa shape index (κ1) is 21.0. The maximum Gasteiger partial charge on any atom is 0.342 e. The Bertz CT molecular complexity index is 950. The average Bonchev–Trinajstić information content (AvgIpc) is 2.94. The van der Waals surface area contributed by atoms with Gasteiger partial charge in [-0.3, -0.25) is 9.59 Å². The molecule has 6 nitrogen and oxygen atoms in total. The molecule has 1 aliphatic carbocycles. The number of benzene rings is 1. The van der Waals surface area contributed by atoms with Crippen molar-refractivity contribution in [3.8, 4) is 0 Å². The van der Waals surface area contributed by atoms with Crippen LogP contribution in [0.4, 0.5) is 5.00 Å². The summed E-state index contributed by atoms with van der Waals surface area (Å²) >= 11 is 1.32. The molecule has 2 amide bonds. The molecule has 154 valence electrons. The van der Waals surface area contributed by atoms with Gasteiger partial charge in [-0.2, -0.15) is 0 Å². The highest BCUT2D eigenvalue weighted by molar-refractivity contribution is 7.16. The number of hydrogen-bond acceptors (Lipinski definition) is 5. The molecule has 2 aromatic rings. The summed E-state index contributed by atoms with van der Waals surface area (Å²) in [5.41, 5.74) is 3.43. The van der Waals surface area contributed by atoms with Gasteiger partial charge in [0.15, 0.2) is 6.10 Å². The van der Waals surface area contributed by atoms with Gasteiger partial charge in [0.2, 0.25) is 5.91 Å². The maximum absolute atomic E-state index is 12.7. The van der Waals surface area contributed by atoms with Crippen molar-refractivity contribution in [3.63, 3.8) is 0 Å². The molecule has 1 aromatic heterocycles. The van der Waals surface area contributed by atoms with Crippen LogP contribution in [0.25, 0.3) is 0 Å². The summed E-state index contributed by atoms with van der Waals surface area (Å²) in [6, 6.07) is 8.02. The number of amides is 2. The van der Waals surface area contributed by atoms with Crippen molar-refractivity contribution in [2.75, 3.05) is 5.32 Å². The van der Waals surface area contributed by atoms with Crippen LogP contribution in [0.3, 0.4) is 0 Å². The van der Waals surface area contributed by atoms with E-state index in [0.29, 0.717) is 10.6 Å². The van der Waals surface area contributed by atoms with Gasteiger partial charge in [-0.15, -0.1) is 11.3 Å². The summed E-state index contributed by atoms with van der Waals surface area (Å²) in [4.78, 5) is 37.8. The van der Waals surface area contributed by atoms with E-state index in [1.807, 2.05) is 25.1 Å². The fourth-order valence-electron chi connectivity index (χ4n) is 3.59. The zero-order valence-corrected chi connectivity index (χ0v) is 17.9. The van der Waals surface area contributed by atoms with E-state index in [1.54, 1.807) is 13.8 Å². The third kappa shape index (κ3) is 4.67. The largest absolute Gasteiger partial charge is 0.449 e. The van der Waals surface area contributed by atoms with E-state index in [-0.39, 0.29) is 17.9 Å². The third-order valence-electron chi connectivity index (χ3n) is 5.22. The number of hydrogen-bond donors (Lipinski definition) is 2. The Morgan fingerprint density at radius 2 is 1.93 bits per heavy atom. The first-order valence-electron chi connectivity index (χ1n) is 9.74. The van der Waals surface area contributed by atoms with E-state index in [0.717, 1.165) is 35.3 Å². The summed E-state index contributed by atoms with van der Waals surface area (Å²) in [5, 5.41) is 6.14. The lowest BCUT2D eigenvalue weighted by atomic mass is 9.87. The Morgan fingerprint density at radius 1 is 1.21 bits per heavy atom. The van der Waals surface area contributed by atoms with Crippen molar-refractivity contribution in [1.29, 1.82) is 0 Å². The summed E-state index contributed by atoms with van der Waals surface area (Å²) < 4.78 is 5.45. The zero-order chi connectivity index (χ0) is 21.1. The number of esters is 1. The highest BCUT2D eigenvalue weighted by atomic mass is 32.1. The molecular formula is C22H26N2O4S. The lowest BCUT2D eigenvalue weighted by Crippen LogP contribution is -2.39. The van der Waals surface area contributed by atoms with Gasteiger partial charge in [-0.05, 0) is 56.7 Å². The van der Waals surface area contributed by atoms with Crippen LogP contribution in [0, 0.1) is 13.8 Å². The van der Waals surface area contributed by atoms with Gasteiger partial charge < -0.3 is 15.4 Å². The zero-order valence-electron chi connectivity index (χ0n) is 17.1. The predicted molar refractivity (Wildman–Crippen MR) is 113 cm³/mol. The molecule has 0 bridgehead atoms. The van der Waals surface area contributed by atoms with Crippen LogP contribution in [0.5, 0.6) is 0 Å². The van der Waals surface area contributed by atoms with Crippen LogP contribution in [0.15, 0.2) is 24.3 Å². The van der Waals surface area contributed by atoms with Gasteiger partial charge in [-0.1, -0.05) is 24.3 Å². The molecule has 3 rings (SSSR count). The van der Waals surface area contributed by atoms with Gasteiger partial charge in [0.05, 0.1) is 11.6 Å². The first-order valence-corrected chi connectivity index (χ1v) is 10.6. The number of rotatable bonds is 5. The van der Waals surface area contributed by atoms with Gasteiger partial charge in [0.25, 0.3) is 5.91 Å². The molecule has 2 N–H and O–H groups in total. The number of anilines is 1.